The third-order valence-corrected chi connectivity index (χ3v) is 12.7. The van der Waals surface area contributed by atoms with Crippen LogP contribution in [0.5, 0.6) is 0 Å². The summed E-state index contributed by atoms with van der Waals surface area (Å²) in [5.41, 5.74) is 0. The highest BCUT2D eigenvalue weighted by Gasteiger charge is 2.51. The molecule has 2 atom stereocenters. The first-order valence-corrected chi connectivity index (χ1v) is 16.3. The van der Waals surface area contributed by atoms with E-state index in [9.17, 15) is 4.79 Å². The predicted molar refractivity (Wildman–Crippen MR) is 153 cm³/mol. The van der Waals surface area contributed by atoms with Gasteiger partial charge in [-0.3, -0.25) is 4.79 Å². The molecule has 0 unspecified atom stereocenters. The van der Waals surface area contributed by atoms with Gasteiger partial charge in [-0.15, -0.1) is 0 Å². The Morgan fingerprint density at radius 3 is 1.89 bits per heavy atom. The van der Waals surface area contributed by atoms with Gasteiger partial charge in [-0.2, -0.15) is 0 Å². The van der Waals surface area contributed by atoms with Crippen LogP contribution in [0.15, 0.2) is 60.7 Å². The molecule has 1 aliphatic heterocycles. The molecule has 1 fully saturated rings. The van der Waals surface area contributed by atoms with Gasteiger partial charge in [0.25, 0.3) is 8.32 Å². The summed E-state index contributed by atoms with van der Waals surface area (Å²) in [5.74, 6) is -0.0849. The molecular formula is C32H48O3Si. The predicted octanol–water partition coefficient (Wildman–Crippen LogP) is 7.56. The molecule has 0 spiro atoms. The van der Waals surface area contributed by atoms with Gasteiger partial charge in [-0.25, -0.2) is 0 Å². The Kier molecular flexibility index (Phi) is 11.3. The number of esters is 1. The highest BCUT2D eigenvalue weighted by atomic mass is 28.4. The molecule has 3 rings (SSSR count). The standard InChI is InChI=1S/C32H48O3Si/c1-5-6-19-27-20-13-9-7-8-10-14-21-28(26-31(33)34-27)35-36(32(2,3)4,29-22-15-11-16-23-29)30-24-17-12-18-25-30/h11-12,15-18,22-25,27-28H,5-10,13-14,19-21,26H2,1-4H3/t27-,28+/m0/s1. The van der Waals surface area contributed by atoms with Crippen LogP contribution in [0.2, 0.25) is 5.04 Å². The summed E-state index contributed by atoms with van der Waals surface area (Å²) in [5, 5.41) is 2.42. The SMILES string of the molecule is CCCC[C@H]1CCCCCCCC[C@@H](O[Si](c2ccccc2)(c2ccccc2)C(C)(C)C)CC(=O)O1. The molecule has 0 saturated carbocycles. The number of hydrogen-bond acceptors (Lipinski definition) is 3. The lowest BCUT2D eigenvalue weighted by molar-refractivity contribution is -0.152. The first-order valence-electron chi connectivity index (χ1n) is 14.3. The van der Waals surface area contributed by atoms with Crippen molar-refractivity contribution in [1.82, 2.24) is 0 Å². The van der Waals surface area contributed by atoms with Gasteiger partial charge < -0.3 is 9.16 Å². The first-order chi connectivity index (χ1) is 17.4. The van der Waals surface area contributed by atoms with Crippen molar-refractivity contribution in [2.24, 2.45) is 0 Å². The molecule has 198 valence electrons. The highest BCUT2D eigenvalue weighted by Crippen LogP contribution is 2.38. The van der Waals surface area contributed by atoms with E-state index in [2.05, 4.69) is 88.4 Å². The maximum absolute atomic E-state index is 13.3. The Bertz CT molecular complexity index is 851. The minimum atomic E-state index is -2.71. The topological polar surface area (TPSA) is 35.5 Å². The van der Waals surface area contributed by atoms with E-state index in [0.29, 0.717) is 6.42 Å². The van der Waals surface area contributed by atoms with Crippen LogP contribution in [0.25, 0.3) is 0 Å². The van der Waals surface area contributed by atoms with Crippen molar-refractivity contribution in [1.29, 1.82) is 0 Å². The zero-order chi connectivity index (χ0) is 25.9. The van der Waals surface area contributed by atoms with Crippen LogP contribution in [0, 0.1) is 0 Å². The van der Waals surface area contributed by atoms with Crippen molar-refractivity contribution in [2.75, 3.05) is 0 Å². The monoisotopic (exact) mass is 508 g/mol. The maximum Gasteiger partial charge on any atom is 0.308 e. The van der Waals surface area contributed by atoms with Gasteiger partial charge in [-0.1, -0.05) is 133 Å². The quantitative estimate of drug-likeness (QED) is 0.286. The normalized spacial score (nSPS) is 21.1. The second kappa shape index (κ2) is 14.1. The van der Waals surface area contributed by atoms with Gasteiger partial charge in [0, 0.05) is 0 Å². The minimum Gasteiger partial charge on any atom is -0.462 e. The van der Waals surface area contributed by atoms with Crippen molar-refractivity contribution in [3.8, 4) is 0 Å². The van der Waals surface area contributed by atoms with Crippen molar-refractivity contribution in [3.05, 3.63) is 60.7 Å². The molecule has 0 aliphatic carbocycles. The first kappa shape index (κ1) is 28.7. The Morgan fingerprint density at radius 2 is 1.36 bits per heavy atom. The summed E-state index contributed by atoms with van der Waals surface area (Å²) < 4.78 is 13.5. The number of unbranched alkanes of at least 4 members (excludes halogenated alkanes) is 1. The summed E-state index contributed by atoms with van der Waals surface area (Å²) in [6.07, 6.45) is 12.6. The molecule has 2 aromatic rings. The Labute approximate surface area is 221 Å². The van der Waals surface area contributed by atoms with Crippen LogP contribution >= 0.6 is 0 Å². The lowest BCUT2D eigenvalue weighted by Gasteiger charge is -2.45. The number of hydrogen-bond donors (Lipinski definition) is 0. The molecule has 0 amide bonds. The van der Waals surface area contributed by atoms with E-state index in [1.807, 2.05) is 0 Å². The molecule has 36 heavy (non-hydrogen) atoms. The molecule has 0 aromatic heterocycles. The van der Waals surface area contributed by atoms with Gasteiger partial charge in [0.2, 0.25) is 0 Å². The van der Waals surface area contributed by atoms with Crippen LogP contribution in [0.4, 0.5) is 0 Å². The maximum atomic E-state index is 13.3. The fraction of sp³-hybridized carbons (Fsp3) is 0.594. The zero-order valence-electron chi connectivity index (χ0n) is 23.1. The molecule has 3 nitrogen and oxygen atoms in total. The summed E-state index contributed by atoms with van der Waals surface area (Å²) in [4.78, 5) is 13.3. The number of cyclic esters (lactones) is 1. The van der Waals surface area contributed by atoms with Crippen LogP contribution in [0.1, 0.15) is 105 Å². The van der Waals surface area contributed by atoms with E-state index >= 15 is 0 Å². The van der Waals surface area contributed by atoms with Crippen molar-refractivity contribution >= 4 is 24.7 Å². The molecule has 0 radical (unpaired) electrons. The van der Waals surface area contributed by atoms with E-state index in [4.69, 9.17) is 9.16 Å². The van der Waals surface area contributed by atoms with Crippen LogP contribution in [-0.2, 0) is 14.0 Å². The van der Waals surface area contributed by atoms with Gasteiger partial charge in [0.15, 0.2) is 0 Å². The Morgan fingerprint density at radius 1 is 0.833 bits per heavy atom. The smallest absolute Gasteiger partial charge is 0.308 e. The number of carbonyl (C=O) groups is 1. The molecule has 1 aliphatic rings. The molecule has 1 heterocycles. The van der Waals surface area contributed by atoms with Crippen LogP contribution in [-0.4, -0.2) is 26.5 Å². The van der Waals surface area contributed by atoms with Crippen molar-refractivity contribution in [2.45, 2.75) is 122 Å². The second-order valence-corrected chi connectivity index (χ2v) is 15.8. The number of ether oxygens (including phenoxy) is 1. The summed E-state index contributed by atoms with van der Waals surface area (Å²) >= 11 is 0. The molecule has 1 saturated heterocycles. The summed E-state index contributed by atoms with van der Waals surface area (Å²) in [7, 11) is -2.71. The summed E-state index contributed by atoms with van der Waals surface area (Å²) in [6, 6.07) is 21.5. The fourth-order valence-corrected chi connectivity index (χ4v) is 10.4. The van der Waals surface area contributed by atoms with E-state index in [1.165, 1.54) is 36.1 Å². The molecule has 4 heteroatoms. The third kappa shape index (κ3) is 7.79. The van der Waals surface area contributed by atoms with Gasteiger partial charge >= 0.3 is 5.97 Å². The fourth-order valence-electron chi connectivity index (χ4n) is 5.71. The number of carbonyl (C=O) groups excluding carboxylic acids is 1. The van der Waals surface area contributed by atoms with Crippen LogP contribution < -0.4 is 10.4 Å². The van der Waals surface area contributed by atoms with E-state index in [1.54, 1.807) is 0 Å². The summed E-state index contributed by atoms with van der Waals surface area (Å²) in [6.45, 7) is 9.11. The van der Waals surface area contributed by atoms with E-state index in [0.717, 1.165) is 44.9 Å². The molecule has 2 aromatic carbocycles. The van der Waals surface area contributed by atoms with Crippen molar-refractivity contribution in [3.63, 3.8) is 0 Å². The van der Waals surface area contributed by atoms with Gasteiger partial charge in [0.1, 0.15) is 6.10 Å². The molecule has 0 bridgehead atoms. The van der Waals surface area contributed by atoms with Gasteiger partial charge in [-0.05, 0) is 41.1 Å². The Balaban J connectivity index is 1.95. The molecular weight excluding hydrogens is 460 g/mol. The Hall–Kier alpha value is -1.91. The average Bonchev–Trinajstić information content (AvgIpc) is 2.88. The van der Waals surface area contributed by atoms with Crippen molar-refractivity contribution < 1.29 is 14.0 Å². The molecule has 0 N–H and O–H groups in total. The third-order valence-electron chi connectivity index (χ3n) is 7.63. The highest BCUT2D eigenvalue weighted by molar-refractivity contribution is 6.99. The van der Waals surface area contributed by atoms with E-state index in [-0.39, 0.29) is 23.2 Å². The average molecular weight is 509 g/mol. The lowest BCUT2D eigenvalue weighted by atomic mass is 10.0. The minimum absolute atomic E-state index is 0.0479. The largest absolute Gasteiger partial charge is 0.462 e. The van der Waals surface area contributed by atoms with Crippen LogP contribution in [0.3, 0.4) is 0 Å². The lowest BCUT2D eigenvalue weighted by Crippen LogP contribution is -2.67. The van der Waals surface area contributed by atoms with E-state index < -0.39 is 8.32 Å². The zero-order valence-corrected chi connectivity index (χ0v) is 24.1. The van der Waals surface area contributed by atoms with Gasteiger partial charge in [0.05, 0.1) is 12.5 Å². The second-order valence-electron chi connectivity index (χ2n) is 11.6. The number of rotatable bonds is 7. The number of benzene rings is 2.